The van der Waals surface area contributed by atoms with Crippen LogP contribution in [0.15, 0.2) is 23.1 Å². The number of ether oxygens (including phenoxy) is 2. The minimum absolute atomic E-state index is 0.0943. The van der Waals surface area contributed by atoms with Crippen molar-refractivity contribution in [2.24, 2.45) is 0 Å². The van der Waals surface area contributed by atoms with Gasteiger partial charge in [-0.3, -0.25) is 4.79 Å². The maximum Gasteiger partial charge on any atom is 0.243 e. The van der Waals surface area contributed by atoms with E-state index in [0.29, 0.717) is 24.7 Å². The molecule has 0 unspecified atom stereocenters. The number of carbonyl (C=O) groups is 1. The van der Waals surface area contributed by atoms with Gasteiger partial charge in [0.15, 0.2) is 11.5 Å². The number of piperidine rings is 1. The molecule has 2 atom stereocenters. The maximum atomic E-state index is 12.9. The summed E-state index contributed by atoms with van der Waals surface area (Å²) < 4.78 is 37.7. The Morgan fingerprint density at radius 1 is 1.15 bits per heavy atom. The summed E-state index contributed by atoms with van der Waals surface area (Å²) in [4.78, 5) is 14.6. The zero-order valence-corrected chi connectivity index (χ0v) is 16.3. The summed E-state index contributed by atoms with van der Waals surface area (Å²) in [5.74, 6) is 0.786. The summed E-state index contributed by atoms with van der Waals surface area (Å²) >= 11 is 0. The molecule has 0 saturated carbocycles. The number of carbonyl (C=O) groups excluding carboxylic acids is 1. The number of benzene rings is 1. The molecule has 2 heterocycles. The Bertz CT molecular complexity index is 770. The molecule has 0 bridgehead atoms. The number of amides is 1. The fourth-order valence-electron chi connectivity index (χ4n) is 3.63. The molecule has 0 spiro atoms. The summed E-state index contributed by atoms with van der Waals surface area (Å²) in [5, 5.41) is 0. The van der Waals surface area contributed by atoms with Gasteiger partial charge in [-0.1, -0.05) is 0 Å². The normalized spacial score (nSPS) is 23.2. The summed E-state index contributed by atoms with van der Waals surface area (Å²) in [6, 6.07) is 4.80. The van der Waals surface area contributed by atoms with Gasteiger partial charge in [0, 0.05) is 25.2 Å². The molecular weight excluding hydrogens is 356 g/mol. The van der Waals surface area contributed by atoms with Crippen LogP contribution >= 0.6 is 0 Å². The predicted octanol–water partition coefficient (Wildman–Crippen LogP) is 1.87. The van der Waals surface area contributed by atoms with E-state index < -0.39 is 10.0 Å². The number of sulfonamides is 1. The zero-order chi connectivity index (χ0) is 18.9. The smallest absolute Gasteiger partial charge is 0.243 e. The number of likely N-dealkylation sites (N-methyl/N-ethyl adjacent to an activating group) is 1. The molecule has 0 radical (unpaired) electrons. The van der Waals surface area contributed by atoms with Crippen molar-refractivity contribution < 1.29 is 22.7 Å². The van der Waals surface area contributed by atoms with Gasteiger partial charge >= 0.3 is 0 Å². The van der Waals surface area contributed by atoms with Gasteiger partial charge in [0.1, 0.15) is 13.2 Å². The highest BCUT2D eigenvalue weighted by Gasteiger charge is 2.32. The molecule has 26 heavy (non-hydrogen) atoms. The van der Waals surface area contributed by atoms with Gasteiger partial charge in [0.05, 0.1) is 11.4 Å². The molecule has 0 N–H and O–H groups in total. The lowest BCUT2D eigenvalue weighted by Gasteiger charge is -2.39. The van der Waals surface area contributed by atoms with E-state index in [4.69, 9.17) is 9.47 Å². The van der Waals surface area contributed by atoms with Crippen molar-refractivity contribution in [2.75, 3.05) is 26.8 Å². The fourth-order valence-corrected chi connectivity index (χ4v) is 4.77. The number of hydrogen-bond acceptors (Lipinski definition) is 5. The summed E-state index contributed by atoms with van der Waals surface area (Å²) in [6.07, 6.45) is 3.00. The van der Waals surface area contributed by atoms with Crippen molar-refractivity contribution >= 4 is 15.9 Å². The number of rotatable bonds is 4. The van der Waals surface area contributed by atoms with E-state index in [-0.39, 0.29) is 29.4 Å². The second-order valence-corrected chi connectivity index (χ2v) is 9.04. The van der Waals surface area contributed by atoms with Gasteiger partial charge in [-0.05, 0) is 45.2 Å². The van der Waals surface area contributed by atoms with Crippen LogP contribution in [0.25, 0.3) is 0 Å². The van der Waals surface area contributed by atoms with Crippen LogP contribution in [-0.4, -0.2) is 62.4 Å². The van der Waals surface area contributed by atoms with Crippen molar-refractivity contribution in [3.63, 3.8) is 0 Å². The first kappa shape index (κ1) is 19.0. The van der Waals surface area contributed by atoms with Gasteiger partial charge in [-0.15, -0.1) is 0 Å². The maximum absolute atomic E-state index is 12.9. The Balaban J connectivity index is 1.75. The molecule has 1 aromatic rings. The van der Waals surface area contributed by atoms with Crippen LogP contribution in [0.5, 0.6) is 11.5 Å². The third kappa shape index (κ3) is 3.66. The van der Waals surface area contributed by atoms with Crippen molar-refractivity contribution in [1.82, 2.24) is 9.21 Å². The van der Waals surface area contributed by atoms with Crippen LogP contribution in [0.3, 0.4) is 0 Å². The average Bonchev–Trinajstić information content (AvgIpc) is 2.61. The second-order valence-electron chi connectivity index (χ2n) is 7.00. The second kappa shape index (κ2) is 7.44. The first-order chi connectivity index (χ1) is 12.3. The molecule has 1 amide bonds. The molecule has 8 heteroatoms. The highest BCUT2D eigenvalue weighted by Crippen LogP contribution is 2.33. The molecule has 0 aliphatic carbocycles. The van der Waals surface area contributed by atoms with Gasteiger partial charge in [-0.25, -0.2) is 8.42 Å². The summed E-state index contributed by atoms with van der Waals surface area (Å²) in [5.41, 5.74) is 0. The van der Waals surface area contributed by atoms with E-state index in [0.717, 1.165) is 23.6 Å². The first-order valence-electron chi connectivity index (χ1n) is 8.98. The zero-order valence-electron chi connectivity index (χ0n) is 15.5. The fraction of sp³-hybridized carbons (Fsp3) is 0.611. The highest BCUT2D eigenvalue weighted by molar-refractivity contribution is 7.89. The SMILES string of the molecule is C[C@H]1CCC[C@H](C)N1C(=O)CN(C)S(=O)(=O)c1ccc2c(c1)OCCO2. The van der Waals surface area contributed by atoms with Crippen molar-refractivity contribution in [1.29, 1.82) is 0 Å². The van der Waals surface area contributed by atoms with Gasteiger partial charge in [0.2, 0.25) is 15.9 Å². The topological polar surface area (TPSA) is 76.2 Å². The Hall–Kier alpha value is -1.80. The van der Waals surface area contributed by atoms with E-state index in [1.165, 1.54) is 19.2 Å². The molecule has 3 rings (SSSR count). The lowest BCUT2D eigenvalue weighted by atomic mass is 9.97. The van der Waals surface area contributed by atoms with Crippen molar-refractivity contribution in [3.05, 3.63) is 18.2 Å². The Morgan fingerprint density at radius 3 is 2.42 bits per heavy atom. The monoisotopic (exact) mass is 382 g/mol. The lowest BCUT2D eigenvalue weighted by molar-refractivity contribution is -0.137. The van der Waals surface area contributed by atoms with Crippen molar-refractivity contribution in [3.8, 4) is 11.5 Å². The van der Waals surface area contributed by atoms with Crippen LogP contribution in [0.4, 0.5) is 0 Å². The Morgan fingerprint density at radius 2 is 1.77 bits per heavy atom. The van der Waals surface area contributed by atoms with Crippen molar-refractivity contribution in [2.45, 2.75) is 50.1 Å². The van der Waals surface area contributed by atoms with Gasteiger partial charge in [-0.2, -0.15) is 4.31 Å². The first-order valence-corrected chi connectivity index (χ1v) is 10.4. The molecule has 1 aromatic carbocycles. The number of nitrogens with zero attached hydrogens (tertiary/aromatic N) is 2. The quantitative estimate of drug-likeness (QED) is 0.795. The molecule has 1 saturated heterocycles. The Labute approximate surface area is 154 Å². The van der Waals surface area contributed by atoms with Crippen LogP contribution in [0.1, 0.15) is 33.1 Å². The van der Waals surface area contributed by atoms with E-state index in [9.17, 15) is 13.2 Å². The predicted molar refractivity (Wildman–Crippen MR) is 96.9 cm³/mol. The van der Waals surface area contributed by atoms with E-state index in [2.05, 4.69) is 0 Å². The molecule has 144 valence electrons. The molecule has 2 aliphatic heterocycles. The van der Waals surface area contributed by atoms with Crippen LogP contribution in [0.2, 0.25) is 0 Å². The van der Waals surface area contributed by atoms with Crippen LogP contribution in [0, 0.1) is 0 Å². The average molecular weight is 382 g/mol. The third-order valence-electron chi connectivity index (χ3n) is 5.06. The lowest BCUT2D eigenvalue weighted by Crippen LogP contribution is -2.51. The molecule has 7 nitrogen and oxygen atoms in total. The van der Waals surface area contributed by atoms with E-state index in [1.807, 2.05) is 18.7 Å². The molecular formula is C18H26N2O5S. The molecule has 1 fully saturated rings. The van der Waals surface area contributed by atoms with Crippen LogP contribution in [-0.2, 0) is 14.8 Å². The van der Waals surface area contributed by atoms with Gasteiger partial charge < -0.3 is 14.4 Å². The molecule has 0 aromatic heterocycles. The largest absolute Gasteiger partial charge is 0.486 e. The number of likely N-dealkylation sites (tertiary alicyclic amines) is 1. The number of fused-ring (bicyclic) bond motifs is 1. The third-order valence-corrected chi connectivity index (χ3v) is 6.86. The minimum Gasteiger partial charge on any atom is -0.486 e. The summed E-state index contributed by atoms with van der Waals surface area (Å²) in [7, 11) is -2.36. The van der Waals surface area contributed by atoms with E-state index >= 15 is 0 Å². The van der Waals surface area contributed by atoms with Gasteiger partial charge in [0.25, 0.3) is 0 Å². The summed E-state index contributed by atoms with van der Waals surface area (Å²) in [6.45, 7) is 4.69. The standard InChI is InChI=1S/C18H26N2O5S/c1-13-5-4-6-14(2)20(13)18(21)12-19(3)26(22,23)15-7-8-16-17(11-15)25-10-9-24-16/h7-8,11,13-14H,4-6,9-10,12H2,1-3H3/t13-,14-/m0/s1. The molecule has 2 aliphatic rings. The van der Waals surface area contributed by atoms with E-state index in [1.54, 1.807) is 6.07 Å². The Kier molecular flexibility index (Phi) is 5.43. The number of hydrogen-bond donors (Lipinski definition) is 0. The minimum atomic E-state index is -3.79. The highest BCUT2D eigenvalue weighted by atomic mass is 32.2. The van der Waals surface area contributed by atoms with Crippen LogP contribution < -0.4 is 9.47 Å².